The number of aromatic amines is 1. The smallest absolute Gasteiger partial charge is 0.247 e. The topological polar surface area (TPSA) is 54.6 Å². The maximum atomic E-state index is 12.9. The number of fused-ring (bicyclic) bond motifs is 3. The van der Waals surface area contributed by atoms with E-state index >= 15 is 0 Å². The van der Waals surface area contributed by atoms with Crippen LogP contribution in [-0.4, -0.2) is 36.6 Å². The Morgan fingerprint density at radius 1 is 1.14 bits per heavy atom. The minimum Gasteiger partial charge on any atom is -0.497 e. The summed E-state index contributed by atoms with van der Waals surface area (Å²) < 4.78 is 10.6. The molecule has 1 N–H and O–H groups in total. The Morgan fingerprint density at radius 2 is 1.86 bits per heavy atom. The van der Waals surface area contributed by atoms with Gasteiger partial charge in [0.1, 0.15) is 11.5 Å². The number of amides is 1. The summed E-state index contributed by atoms with van der Waals surface area (Å²) in [5.74, 6) is 1.39. The fourth-order valence-corrected chi connectivity index (χ4v) is 3.92. The summed E-state index contributed by atoms with van der Waals surface area (Å²) in [4.78, 5) is 18.3. The summed E-state index contributed by atoms with van der Waals surface area (Å²) in [5.41, 5.74) is 4.46. The molecule has 1 aromatic heterocycles. The highest BCUT2D eigenvalue weighted by molar-refractivity contribution is 5.93. The van der Waals surface area contributed by atoms with Crippen LogP contribution in [0.5, 0.6) is 11.5 Å². The number of benzene rings is 2. The number of carbonyl (C=O) groups is 1. The van der Waals surface area contributed by atoms with E-state index in [4.69, 9.17) is 9.47 Å². The van der Waals surface area contributed by atoms with Crippen LogP contribution in [-0.2, 0) is 11.2 Å². The van der Waals surface area contributed by atoms with Crippen LogP contribution in [0, 0.1) is 0 Å². The number of hydrogen-bond acceptors (Lipinski definition) is 3. The number of hydrogen-bond donors (Lipinski definition) is 1. The van der Waals surface area contributed by atoms with Crippen LogP contribution in [0.3, 0.4) is 0 Å². The monoisotopic (exact) mass is 376 g/mol. The maximum Gasteiger partial charge on any atom is 0.247 e. The van der Waals surface area contributed by atoms with E-state index in [1.807, 2.05) is 29.2 Å². The Bertz CT molecular complexity index is 1030. The lowest BCUT2D eigenvalue weighted by Gasteiger charge is -2.32. The molecule has 0 saturated carbocycles. The first-order chi connectivity index (χ1) is 13.6. The van der Waals surface area contributed by atoms with E-state index in [1.54, 1.807) is 26.4 Å². The molecule has 0 aliphatic carbocycles. The molecule has 28 heavy (non-hydrogen) atoms. The van der Waals surface area contributed by atoms with Crippen LogP contribution in [0.1, 0.15) is 29.8 Å². The lowest BCUT2D eigenvalue weighted by molar-refractivity contribution is -0.128. The molecule has 2 heterocycles. The van der Waals surface area contributed by atoms with Gasteiger partial charge in [-0.3, -0.25) is 4.79 Å². The molecule has 2 aromatic carbocycles. The zero-order chi connectivity index (χ0) is 19.7. The number of nitrogens with one attached hydrogen (secondary N) is 1. The summed E-state index contributed by atoms with van der Waals surface area (Å²) in [6.45, 7) is 2.79. The van der Waals surface area contributed by atoms with Crippen molar-refractivity contribution in [2.45, 2.75) is 19.4 Å². The first-order valence-electron chi connectivity index (χ1n) is 9.42. The predicted octanol–water partition coefficient (Wildman–Crippen LogP) is 4.34. The average Bonchev–Trinajstić information content (AvgIpc) is 3.11. The van der Waals surface area contributed by atoms with Gasteiger partial charge in [-0.1, -0.05) is 18.2 Å². The molecule has 1 amide bonds. The molecule has 0 unspecified atom stereocenters. The summed E-state index contributed by atoms with van der Waals surface area (Å²) in [6.07, 6.45) is 4.29. The van der Waals surface area contributed by atoms with E-state index in [9.17, 15) is 4.79 Å². The molecule has 1 aliphatic rings. The Kier molecular flexibility index (Phi) is 4.82. The number of methoxy groups -OCH3 is 2. The van der Waals surface area contributed by atoms with Crippen molar-refractivity contribution in [2.24, 2.45) is 0 Å². The number of rotatable bonds is 4. The minimum atomic E-state index is -0.00130. The van der Waals surface area contributed by atoms with Crippen molar-refractivity contribution in [3.63, 3.8) is 0 Å². The molecule has 0 radical (unpaired) electrons. The molecule has 1 atom stereocenters. The number of H-pyrrole nitrogens is 1. The van der Waals surface area contributed by atoms with Crippen molar-refractivity contribution < 1.29 is 14.3 Å². The molecule has 1 aliphatic heterocycles. The maximum absolute atomic E-state index is 12.9. The molecule has 5 heteroatoms. The van der Waals surface area contributed by atoms with E-state index in [2.05, 4.69) is 30.1 Å². The van der Waals surface area contributed by atoms with Crippen molar-refractivity contribution in [3.8, 4) is 11.5 Å². The molecular weight excluding hydrogens is 352 g/mol. The SMILES string of the molecule is COc1cc(/C=C\C(=O)N2CCc3c([nH]c4ccccc34)[C@@H]2C)cc(OC)c1. The largest absolute Gasteiger partial charge is 0.497 e. The number of para-hydroxylation sites is 1. The van der Waals surface area contributed by atoms with E-state index < -0.39 is 0 Å². The minimum absolute atomic E-state index is 0.00130. The third-order valence-electron chi connectivity index (χ3n) is 5.41. The highest BCUT2D eigenvalue weighted by Gasteiger charge is 2.29. The van der Waals surface area contributed by atoms with Gasteiger partial charge in [0.15, 0.2) is 0 Å². The highest BCUT2D eigenvalue weighted by Crippen LogP contribution is 2.34. The number of carbonyl (C=O) groups excluding carboxylic acids is 1. The van der Waals surface area contributed by atoms with Crippen molar-refractivity contribution in [2.75, 3.05) is 20.8 Å². The quantitative estimate of drug-likeness (QED) is 0.689. The van der Waals surface area contributed by atoms with Gasteiger partial charge in [0.2, 0.25) is 5.91 Å². The van der Waals surface area contributed by atoms with Gasteiger partial charge in [-0.25, -0.2) is 0 Å². The molecule has 0 spiro atoms. The van der Waals surface area contributed by atoms with Crippen LogP contribution in [0.4, 0.5) is 0 Å². The number of nitrogens with zero attached hydrogens (tertiary/aromatic N) is 1. The lowest BCUT2D eigenvalue weighted by atomic mass is 9.98. The molecule has 4 rings (SSSR count). The third-order valence-corrected chi connectivity index (χ3v) is 5.41. The Labute approximate surface area is 164 Å². The van der Waals surface area contributed by atoms with Crippen LogP contribution in [0.15, 0.2) is 48.5 Å². The summed E-state index contributed by atoms with van der Waals surface area (Å²) >= 11 is 0. The lowest BCUT2D eigenvalue weighted by Crippen LogP contribution is -2.37. The predicted molar refractivity (Wildman–Crippen MR) is 111 cm³/mol. The first kappa shape index (κ1) is 18.2. The van der Waals surface area contributed by atoms with Crippen molar-refractivity contribution in [1.29, 1.82) is 0 Å². The molecule has 144 valence electrons. The van der Waals surface area contributed by atoms with Gasteiger partial charge in [-0.15, -0.1) is 0 Å². The zero-order valence-electron chi connectivity index (χ0n) is 16.4. The highest BCUT2D eigenvalue weighted by atomic mass is 16.5. The first-order valence-corrected chi connectivity index (χ1v) is 9.42. The van der Waals surface area contributed by atoms with Gasteiger partial charge in [0, 0.05) is 35.3 Å². The fraction of sp³-hybridized carbons (Fsp3) is 0.261. The van der Waals surface area contributed by atoms with Gasteiger partial charge in [-0.2, -0.15) is 0 Å². The van der Waals surface area contributed by atoms with Crippen molar-refractivity contribution >= 4 is 22.9 Å². The third kappa shape index (κ3) is 3.24. The zero-order valence-corrected chi connectivity index (χ0v) is 16.4. The van der Waals surface area contributed by atoms with Gasteiger partial charge in [0.05, 0.1) is 20.3 Å². The molecular formula is C23H24N2O3. The normalized spacial score (nSPS) is 16.4. The molecule has 0 fully saturated rings. The second-order valence-electron chi connectivity index (χ2n) is 7.00. The summed E-state index contributed by atoms with van der Waals surface area (Å²) in [7, 11) is 3.22. The molecule has 0 bridgehead atoms. The van der Waals surface area contributed by atoms with Crippen molar-refractivity contribution in [3.05, 3.63) is 65.4 Å². The van der Waals surface area contributed by atoms with E-state index in [1.165, 1.54) is 10.9 Å². The van der Waals surface area contributed by atoms with Gasteiger partial charge >= 0.3 is 0 Å². The number of ether oxygens (including phenoxy) is 2. The second kappa shape index (κ2) is 7.43. The number of aromatic nitrogens is 1. The standard InChI is InChI=1S/C23H24N2O3/c1-15-23-20(19-6-4-5-7-21(19)24-23)10-11-25(15)22(26)9-8-16-12-17(27-2)14-18(13-16)28-3/h4-9,12-15,24H,10-11H2,1-3H3/b9-8-/t15-/m0/s1. The van der Waals surface area contributed by atoms with Crippen molar-refractivity contribution in [1.82, 2.24) is 9.88 Å². The second-order valence-corrected chi connectivity index (χ2v) is 7.00. The molecule has 0 saturated heterocycles. The summed E-state index contributed by atoms with van der Waals surface area (Å²) in [5, 5.41) is 1.26. The molecule has 3 aromatic rings. The van der Waals surface area contributed by atoms with Gasteiger partial charge in [0.25, 0.3) is 0 Å². The van der Waals surface area contributed by atoms with Gasteiger partial charge < -0.3 is 19.4 Å². The van der Waals surface area contributed by atoms with Gasteiger partial charge in [-0.05, 0) is 48.7 Å². The fourth-order valence-electron chi connectivity index (χ4n) is 3.92. The van der Waals surface area contributed by atoms with E-state index in [0.717, 1.165) is 23.2 Å². The van der Waals surface area contributed by atoms with E-state index in [0.29, 0.717) is 18.0 Å². The van der Waals surface area contributed by atoms with E-state index in [-0.39, 0.29) is 11.9 Å². The summed E-state index contributed by atoms with van der Waals surface area (Å²) in [6, 6.07) is 13.9. The van der Waals surface area contributed by atoms with Crippen LogP contribution >= 0.6 is 0 Å². The van der Waals surface area contributed by atoms with Crippen LogP contribution < -0.4 is 9.47 Å². The van der Waals surface area contributed by atoms with Crippen LogP contribution in [0.2, 0.25) is 0 Å². The Balaban J connectivity index is 1.57. The Hall–Kier alpha value is -3.21. The Morgan fingerprint density at radius 3 is 2.57 bits per heavy atom. The average molecular weight is 376 g/mol. The van der Waals surface area contributed by atoms with Crippen LogP contribution in [0.25, 0.3) is 17.0 Å². The molecule has 5 nitrogen and oxygen atoms in total.